The zero-order valence-corrected chi connectivity index (χ0v) is 14.2. The summed E-state index contributed by atoms with van der Waals surface area (Å²) in [5, 5.41) is 1.08. The van der Waals surface area contributed by atoms with Crippen molar-refractivity contribution in [3.05, 3.63) is 58.3 Å². The minimum Gasteiger partial charge on any atom is -0.460 e. The van der Waals surface area contributed by atoms with Gasteiger partial charge in [0.05, 0.1) is 0 Å². The van der Waals surface area contributed by atoms with Crippen LogP contribution in [0.15, 0.2) is 51.4 Å². The van der Waals surface area contributed by atoms with Gasteiger partial charge in [0.1, 0.15) is 17.1 Å². The van der Waals surface area contributed by atoms with Gasteiger partial charge in [-0.25, -0.2) is 0 Å². The second kappa shape index (κ2) is 6.09. The number of benzene rings is 2. The van der Waals surface area contributed by atoms with Crippen LogP contribution in [0, 0.1) is 6.92 Å². The van der Waals surface area contributed by atoms with E-state index in [9.17, 15) is 4.79 Å². The van der Waals surface area contributed by atoms with Crippen LogP contribution < -0.4 is 0 Å². The molecule has 0 bridgehead atoms. The molecule has 22 heavy (non-hydrogen) atoms. The average molecular weight is 357 g/mol. The first-order chi connectivity index (χ1) is 10.5. The van der Waals surface area contributed by atoms with Crippen molar-refractivity contribution in [1.29, 1.82) is 0 Å². The molecule has 0 aliphatic carbocycles. The van der Waals surface area contributed by atoms with Gasteiger partial charge >= 0.3 is 0 Å². The molecule has 3 rings (SSSR count). The van der Waals surface area contributed by atoms with E-state index in [4.69, 9.17) is 4.42 Å². The molecule has 0 unspecified atom stereocenters. The maximum Gasteiger partial charge on any atom is 0.135 e. The minimum atomic E-state index is 0.177. The lowest BCUT2D eigenvalue weighted by Gasteiger charge is -2.04. The van der Waals surface area contributed by atoms with E-state index in [0.29, 0.717) is 12.8 Å². The zero-order chi connectivity index (χ0) is 15.7. The van der Waals surface area contributed by atoms with E-state index in [2.05, 4.69) is 53.2 Å². The number of fused-ring (bicyclic) bond motifs is 1. The maximum absolute atomic E-state index is 11.3. The molecule has 0 saturated heterocycles. The molecular formula is C19H17BrO2. The van der Waals surface area contributed by atoms with E-state index >= 15 is 0 Å². The molecule has 0 aliphatic heterocycles. The summed E-state index contributed by atoms with van der Waals surface area (Å²) in [5.41, 5.74) is 4.30. The monoisotopic (exact) mass is 356 g/mol. The van der Waals surface area contributed by atoms with Gasteiger partial charge < -0.3 is 9.21 Å². The molecule has 112 valence electrons. The quantitative estimate of drug-likeness (QED) is 0.600. The number of ketones is 1. The topological polar surface area (TPSA) is 30.2 Å². The van der Waals surface area contributed by atoms with Gasteiger partial charge in [0.15, 0.2) is 0 Å². The van der Waals surface area contributed by atoms with Gasteiger partial charge in [-0.1, -0.05) is 45.8 Å². The number of hydrogen-bond donors (Lipinski definition) is 0. The number of furan rings is 1. The molecule has 0 atom stereocenters. The van der Waals surface area contributed by atoms with E-state index in [-0.39, 0.29) is 5.78 Å². The number of carbonyl (C=O) groups is 1. The Balaban J connectivity index is 2.18. The van der Waals surface area contributed by atoms with Gasteiger partial charge in [-0.2, -0.15) is 0 Å². The lowest BCUT2D eigenvalue weighted by atomic mass is 9.99. The third-order valence-corrected chi connectivity index (χ3v) is 4.26. The highest BCUT2D eigenvalue weighted by molar-refractivity contribution is 9.10. The van der Waals surface area contributed by atoms with Gasteiger partial charge in [0.25, 0.3) is 0 Å². The summed E-state index contributed by atoms with van der Waals surface area (Å²) >= 11 is 3.53. The Morgan fingerprint density at radius 2 is 1.86 bits per heavy atom. The Morgan fingerprint density at radius 3 is 2.55 bits per heavy atom. The molecule has 0 amide bonds. The lowest BCUT2D eigenvalue weighted by Crippen LogP contribution is -1.94. The van der Waals surface area contributed by atoms with Crippen LogP contribution in [0.2, 0.25) is 0 Å². The van der Waals surface area contributed by atoms with Crippen LogP contribution in [0.4, 0.5) is 0 Å². The van der Waals surface area contributed by atoms with Crippen LogP contribution in [0.1, 0.15) is 24.7 Å². The number of halogens is 1. The molecule has 0 fully saturated rings. The van der Waals surface area contributed by atoms with Crippen molar-refractivity contribution in [2.75, 3.05) is 0 Å². The van der Waals surface area contributed by atoms with Gasteiger partial charge in [-0.3, -0.25) is 0 Å². The molecule has 0 aliphatic rings. The highest BCUT2D eigenvalue weighted by atomic mass is 79.9. The molecule has 0 radical (unpaired) electrons. The van der Waals surface area contributed by atoms with Crippen LogP contribution >= 0.6 is 15.9 Å². The van der Waals surface area contributed by atoms with Crippen LogP contribution in [0.3, 0.4) is 0 Å². The molecule has 0 spiro atoms. The van der Waals surface area contributed by atoms with E-state index in [0.717, 1.165) is 32.3 Å². The molecule has 1 aromatic heterocycles. The normalized spacial score (nSPS) is 11.0. The van der Waals surface area contributed by atoms with Gasteiger partial charge in [-0.05, 0) is 37.6 Å². The Hall–Kier alpha value is -1.87. The summed E-state index contributed by atoms with van der Waals surface area (Å²) in [4.78, 5) is 11.3. The number of aryl methyl sites for hydroxylation is 2. The molecule has 1 heterocycles. The Kier molecular flexibility index (Phi) is 4.16. The second-order valence-corrected chi connectivity index (χ2v) is 6.52. The number of carbonyl (C=O) groups excluding carboxylic acids is 1. The van der Waals surface area contributed by atoms with Crippen molar-refractivity contribution < 1.29 is 9.21 Å². The highest BCUT2D eigenvalue weighted by Gasteiger charge is 2.16. The Bertz CT molecular complexity index is 829. The van der Waals surface area contributed by atoms with E-state index in [1.807, 2.05) is 12.1 Å². The van der Waals surface area contributed by atoms with Crippen LogP contribution in [0.5, 0.6) is 0 Å². The first-order valence-electron chi connectivity index (χ1n) is 7.32. The summed E-state index contributed by atoms with van der Waals surface area (Å²) in [6, 6.07) is 14.4. The predicted molar refractivity (Wildman–Crippen MR) is 93.1 cm³/mol. The standard InChI is InChI=1S/C19H17BrO2/c1-12-3-6-14(7-4-12)19-16-11-15(20)8-10-17(16)22-18(19)9-5-13(2)21/h3-4,6-8,10-11H,5,9H2,1-2H3. The van der Waals surface area contributed by atoms with E-state index in [1.54, 1.807) is 6.92 Å². The van der Waals surface area contributed by atoms with Crippen molar-refractivity contribution in [3.63, 3.8) is 0 Å². The Labute approximate surface area is 138 Å². The third kappa shape index (κ3) is 3.00. The number of rotatable bonds is 4. The fraction of sp³-hybridized carbons (Fsp3) is 0.211. The van der Waals surface area contributed by atoms with E-state index < -0.39 is 0 Å². The number of hydrogen-bond acceptors (Lipinski definition) is 2. The fourth-order valence-corrected chi connectivity index (χ4v) is 2.98. The molecule has 2 nitrogen and oxygen atoms in total. The SMILES string of the molecule is CC(=O)CCc1oc2ccc(Br)cc2c1-c1ccc(C)cc1. The first-order valence-corrected chi connectivity index (χ1v) is 8.11. The van der Waals surface area contributed by atoms with Crippen LogP contribution in [-0.2, 0) is 11.2 Å². The summed E-state index contributed by atoms with van der Waals surface area (Å²) < 4.78 is 7.04. The van der Waals surface area contributed by atoms with Crippen LogP contribution in [0.25, 0.3) is 22.1 Å². The smallest absolute Gasteiger partial charge is 0.135 e. The lowest BCUT2D eigenvalue weighted by molar-refractivity contribution is -0.117. The van der Waals surface area contributed by atoms with Crippen molar-refractivity contribution in [2.24, 2.45) is 0 Å². The summed E-state index contributed by atoms with van der Waals surface area (Å²) in [6.45, 7) is 3.69. The third-order valence-electron chi connectivity index (χ3n) is 3.77. The first kappa shape index (κ1) is 15.0. The molecular weight excluding hydrogens is 340 g/mol. The fourth-order valence-electron chi connectivity index (χ4n) is 2.62. The van der Waals surface area contributed by atoms with Crippen molar-refractivity contribution in [3.8, 4) is 11.1 Å². The summed E-state index contributed by atoms with van der Waals surface area (Å²) in [7, 11) is 0. The Morgan fingerprint density at radius 1 is 1.14 bits per heavy atom. The molecule has 0 N–H and O–H groups in total. The molecule has 0 saturated carbocycles. The molecule has 3 aromatic rings. The van der Waals surface area contributed by atoms with Gasteiger partial charge in [0, 0.05) is 28.3 Å². The molecule has 2 aromatic carbocycles. The average Bonchev–Trinajstić information content (AvgIpc) is 2.83. The predicted octanol–water partition coefficient (Wildman–Crippen LogP) is 5.69. The van der Waals surface area contributed by atoms with Gasteiger partial charge in [0.2, 0.25) is 0 Å². The summed E-state index contributed by atoms with van der Waals surface area (Å²) in [5.74, 6) is 1.06. The zero-order valence-electron chi connectivity index (χ0n) is 12.7. The van der Waals surface area contributed by atoms with E-state index in [1.165, 1.54) is 5.56 Å². The van der Waals surface area contributed by atoms with Crippen molar-refractivity contribution >= 4 is 32.7 Å². The maximum atomic E-state index is 11.3. The summed E-state index contributed by atoms with van der Waals surface area (Å²) in [6.07, 6.45) is 1.13. The van der Waals surface area contributed by atoms with Crippen LogP contribution in [-0.4, -0.2) is 5.78 Å². The largest absolute Gasteiger partial charge is 0.460 e. The second-order valence-electron chi connectivity index (χ2n) is 5.61. The van der Waals surface area contributed by atoms with Crippen molar-refractivity contribution in [2.45, 2.75) is 26.7 Å². The van der Waals surface area contributed by atoms with Crippen molar-refractivity contribution in [1.82, 2.24) is 0 Å². The highest BCUT2D eigenvalue weighted by Crippen LogP contribution is 2.37. The van der Waals surface area contributed by atoms with Gasteiger partial charge in [-0.15, -0.1) is 0 Å². The number of Topliss-reactive ketones (excluding diaryl/α,β-unsaturated/α-hetero) is 1. The minimum absolute atomic E-state index is 0.177. The molecule has 3 heteroatoms.